The average Bonchev–Trinajstić information content (AvgIpc) is 2.51. The number of hydrogen-bond acceptors (Lipinski definition) is 3. The zero-order valence-electron chi connectivity index (χ0n) is 12.4. The molecule has 1 atom stereocenters. The summed E-state index contributed by atoms with van der Waals surface area (Å²) >= 11 is 11.8. The Kier molecular flexibility index (Phi) is 5.69. The Balaban J connectivity index is 2.11. The van der Waals surface area contributed by atoms with Gasteiger partial charge in [-0.2, -0.15) is 0 Å². The number of carbonyl (C=O) groups is 1. The summed E-state index contributed by atoms with van der Waals surface area (Å²) in [4.78, 5) is 14.2. The van der Waals surface area contributed by atoms with E-state index in [0.29, 0.717) is 15.6 Å². The van der Waals surface area contributed by atoms with E-state index in [9.17, 15) is 4.79 Å². The van der Waals surface area contributed by atoms with Crippen LogP contribution in [-0.2, 0) is 4.74 Å². The molecule has 2 aromatic rings. The third kappa shape index (κ3) is 3.93. The highest BCUT2D eigenvalue weighted by atomic mass is 35.5. The van der Waals surface area contributed by atoms with Crippen molar-refractivity contribution in [3.05, 3.63) is 64.1 Å². The Hall–Kier alpha value is -1.71. The van der Waals surface area contributed by atoms with Gasteiger partial charge in [0.2, 0.25) is 0 Å². The van der Waals surface area contributed by atoms with Crippen molar-refractivity contribution >= 4 is 34.9 Å². The van der Waals surface area contributed by atoms with E-state index in [-0.39, 0.29) is 0 Å². The van der Waals surface area contributed by atoms with E-state index >= 15 is 0 Å². The molecule has 0 radical (unpaired) electrons. The fourth-order valence-corrected chi connectivity index (χ4v) is 2.48. The van der Waals surface area contributed by atoms with Crippen LogP contribution in [0.3, 0.4) is 0 Å². The first kappa shape index (κ1) is 16.7. The summed E-state index contributed by atoms with van der Waals surface area (Å²) in [7, 11) is 0. The van der Waals surface area contributed by atoms with Gasteiger partial charge in [-0.1, -0.05) is 41.4 Å². The first-order valence-corrected chi connectivity index (χ1v) is 7.76. The van der Waals surface area contributed by atoms with Gasteiger partial charge in [0.1, 0.15) is 0 Å². The van der Waals surface area contributed by atoms with Gasteiger partial charge in [-0.05, 0) is 44.2 Å². The van der Waals surface area contributed by atoms with Crippen LogP contribution in [0, 0.1) is 0 Å². The number of hydrogen-bond donors (Lipinski definition) is 0. The SMILES string of the molecule is CCN(c1ccccc1)C(C)OC(=O)c1ccc(Cl)c(Cl)c1. The summed E-state index contributed by atoms with van der Waals surface area (Å²) in [6.45, 7) is 4.57. The Morgan fingerprint density at radius 1 is 1.14 bits per heavy atom. The van der Waals surface area contributed by atoms with Gasteiger partial charge >= 0.3 is 5.97 Å². The molecule has 0 amide bonds. The van der Waals surface area contributed by atoms with Gasteiger partial charge in [-0.25, -0.2) is 4.79 Å². The number of nitrogens with zero attached hydrogens (tertiary/aromatic N) is 1. The lowest BCUT2D eigenvalue weighted by atomic mass is 10.2. The zero-order valence-corrected chi connectivity index (χ0v) is 13.9. The lowest BCUT2D eigenvalue weighted by molar-refractivity contribution is 0.0336. The molecule has 0 aliphatic carbocycles. The highest BCUT2D eigenvalue weighted by Crippen LogP contribution is 2.24. The number of halogens is 2. The maximum absolute atomic E-state index is 12.2. The third-order valence-corrected chi connectivity index (χ3v) is 4.04. The topological polar surface area (TPSA) is 29.5 Å². The fourth-order valence-electron chi connectivity index (χ4n) is 2.18. The Labute approximate surface area is 140 Å². The Bertz CT molecular complexity index is 646. The minimum atomic E-state index is -0.430. The van der Waals surface area contributed by atoms with Crippen molar-refractivity contribution in [2.75, 3.05) is 11.4 Å². The quantitative estimate of drug-likeness (QED) is 0.566. The number of esters is 1. The molecule has 0 saturated heterocycles. The molecular weight excluding hydrogens is 321 g/mol. The fraction of sp³-hybridized carbons (Fsp3) is 0.235. The van der Waals surface area contributed by atoms with E-state index in [2.05, 4.69) is 0 Å². The standard InChI is InChI=1S/C17H17Cl2NO2/c1-3-20(14-7-5-4-6-8-14)12(2)22-17(21)13-9-10-15(18)16(19)11-13/h4-12H,3H2,1-2H3. The van der Waals surface area contributed by atoms with Crippen LogP contribution in [0.4, 0.5) is 5.69 Å². The summed E-state index contributed by atoms with van der Waals surface area (Å²) < 4.78 is 5.52. The third-order valence-electron chi connectivity index (χ3n) is 3.30. The number of para-hydroxylation sites is 1. The smallest absolute Gasteiger partial charge is 0.340 e. The van der Waals surface area contributed by atoms with Crippen LogP contribution in [0.1, 0.15) is 24.2 Å². The predicted octanol–water partition coefficient (Wildman–Crippen LogP) is 5.02. The molecule has 116 valence electrons. The summed E-state index contributed by atoms with van der Waals surface area (Å²) in [5.74, 6) is -0.430. The normalized spacial score (nSPS) is 11.8. The second kappa shape index (κ2) is 7.52. The van der Waals surface area contributed by atoms with Crippen molar-refractivity contribution in [3.63, 3.8) is 0 Å². The number of rotatable bonds is 5. The molecule has 0 fully saturated rings. The van der Waals surface area contributed by atoms with Crippen LogP contribution >= 0.6 is 23.2 Å². The number of anilines is 1. The summed E-state index contributed by atoms with van der Waals surface area (Å²) in [5, 5.41) is 0.741. The van der Waals surface area contributed by atoms with Crippen LogP contribution in [0.2, 0.25) is 10.0 Å². The molecule has 0 aromatic heterocycles. The van der Waals surface area contributed by atoms with E-state index in [1.807, 2.05) is 49.1 Å². The van der Waals surface area contributed by atoms with Gasteiger partial charge in [0, 0.05) is 12.2 Å². The van der Waals surface area contributed by atoms with Crippen molar-refractivity contribution in [2.45, 2.75) is 20.1 Å². The summed E-state index contributed by atoms with van der Waals surface area (Å²) in [6, 6.07) is 14.5. The van der Waals surface area contributed by atoms with E-state index in [0.717, 1.165) is 12.2 Å². The second-order valence-electron chi connectivity index (χ2n) is 4.76. The monoisotopic (exact) mass is 337 g/mol. The van der Waals surface area contributed by atoms with E-state index in [4.69, 9.17) is 27.9 Å². The lowest BCUT2D eigenvalue weighted by Crippen LogP contribution is -2.36. The van der Waals surface area contributed by atoms with E-state index in [1.54, 1.807) is 12.1 Å². The second-order valence-corrected chi connectivity index (χ2v) is 5.57. The summed E-state index contributed by atoms with van der Waals surface area (Å²) in [6.07, 6.45) is -0.394. The minimum Gasteiger partial charge on any atom is -0.438 e. The minimum absolute atomic E-state index is 0.333. The number of carbonyl (C=O) groups excluding carboxylic acids is 1. The van der Waals surface area contributed by atoms with Crippen LogP contribution in [0.5, 0.6) is 0 Å². The average molecular weight is 338 g/mol. The van der Waals surface area contributed by atoms with Crippen molar-refractivity contribution in [1.82, 2.24) is 0 Å². The maximum Gasteiger partial charge on any atom is 0.340 e. The molecule has 0 bridgehead atoms. The van der Waals surface area contributed by atoms with Crippen molar-refractivity contribution < 1.29 is 9.53 Å². The van der Waals surface area contributed by atoms with Gasteiger partial charge in [0.05, 0.1) is 15.6 Å². The highest BCUT2D eigenvalue weighted by molar-refractivity contribution is 6.42. The maximum atomic E-state index is 12.2. The zero-order chi connectivity index (χ0) is 16.1. The first-order chi connectivity index (χ1) is 10.5. The highest BCUT2D eigenvalue weighted by Gasteiger charge is 2.18. The molecule has 5 heteroatoms. The molecule has 0 spiro atoms. The molecule has 0 N–H and O–H groups in total. The molecule has 0 aliphatic rings. The molecule has 2 aromatic carbocycles. The predicted molar refractivity (Wildman–Crippen MR) is 90.8 cm³/mol. The molecular formula is C17H17Cl2NO2. The van der Waals surface area contributed by atoms with E-state index < -0.39 is 12.2 Å². The molecule has 1 unspecified atom stereocenters. The van der Waals surface area contributed by atoms with Gasteiger partial charge in [0.25, 0.3) is 0 Å². The Morgan fingerprint density at radius 2 is 1.82 bits per heavy atom. The molecule has 0 heterocycles. The Morgan fingerprint density at radius 3 is 2.41 bits per heavy atom. The van der Waals surface area contributed by atoms with Crippen molar-refractivity contribution in [2.24, 2.45) is 0 Å². The van der Waals surface area contributed by atoms with Crippen LogP contribution in [0.25, 0.3) is 0 Å². The lowest BCUT2D eigenvalue weighted by Gasteiger charge is -2.29. The van der Waals surface area contributed by atoms with Crippen molar-refractivity contribution in [1.29, 1.82) is 0 Å². The molecule has 0 saturated carbocycles. The van der Waals surface area contributed by atoms with Crippen LogP contribution < -0.4 is 4.90 Å². The van der Waals surface area contributed by atoms with Crippen molar-refractivity contribution in [3.8, 4) is 0 Å². The van der Waals surface area contributed by atoms with Gasteiger partial charge in [-0.3, -0.25) is 0 Å². The van der Waals surface area contributed by atoms with Crippen LogP contribution in [0.15, 0.2) is 48.5 Å². The van der Waals surface area contributed by atoms with Gasteiger partial charge in [0.15, 0.2) is 6.23 Å². The number of ether oxygens (including phenoxy) is 1. The molecule has 3 nitrogen and oxygen atoms in total. The molecule has 2 rings (SSSR count). The number of benzene rings is 2. The van der Waals surface area contributed by atoms with Gasteiger partial charge < -0.3 is 9.64 Å². The summed E-state index contributed by atoms with van der Waals surface area (Å²) in [5.41, 5.74) is 1.38. The van der Waals surface area contributed by atoms with Gasteiger partial charge in [-0.15, -0.1) is 0 Å². The largest absolute Gasteiger partial charge is 0.438 e. The van der Waals surface area contributed by atoms with Crippen LogP contribution in [-0.4, -0.2) is 18.7 Å². The molecule has 0 aliphatic heterocycles. The van der Waals surface area contributed by atoms with E-state index in [1.165, 1.54) is 6.07 Å². The molecule has 22 heavy (non-hydrogen) atoms. The first-order valence-electron chi connectivity index (χ1n) is 7.00.